The smallest absolute Gasteiger partial charge is 0.0681 e. The summed E-state index contributed by atoms with van der Waals surface area (Å²) in [6, 6.07) is 24.5. The van der Waals surface area contributed by atoms with E-state index in [0.29, 0.717) is 5.92 Å². The second-order valence-corrected chi connectivity index (χ2v) is 11.1. The summed E-state index contributed by atoms with van der Waals surface area (Å²) in [5, 5.41) is 38.6. The minimum Gasteiger partial charge on any atom is -0.395 e. The van der Waals surface area contributed by atoms with Crippen molar-refractivity contribution in [1.29, 1.82) is 0 Å². The predicted octanol–water partition coefficient (Wildman–Crippen LogP) is 5.65. The van der Waals surface area contributed by atoms with Crippen LogP contribution in [0.15, 0.2) is 121 Å². The third-order valence-corrected chi connectivity index (χ3v) is 8.52. The molecule has 210 valence electrons. The summed E-state index contributed by atoms with van der Waals surface area (Å²) in [6.07, 6.45) is 14.5. The molecule has 0 aliphatic heterocycles. The highest BCUT2D eigenvalue weighted by Gasteiger charge is 2.52. The molecule has 0 radical (unpaired) electrons. The number of anilines is 4. The van der Waals surface area contributed by atoms with E-state index >= 15 is 0 Å². The molecule has 0 bridgehead atoms. The van der Waals surface area contributed by atoms with Crippen LogP contribution in [0.4, 0.5) is 22.7 Å². The molecule has 3 atom stereocenters. The molecule has 3 aromatic rings. The maximum atomic E-state index is 9.89. The average Bonchev–Trinajstić information content (AvgIpc) is 3.77. The fourth-order valence-electron chi connectivity index (χ4n) is 5.88. The van der Waals surface area contributed by atoms with Crippen LogP contribution in [-0.4, -0.2) is 39.7 Å². The van der Waals surface area contributed by atoms with Crippen molar-refractivity contribution in [3.63, 3.8) is 0 Å². The molecular formula is C35H36N2O4. The maximum Gasteiger partial charge on any atom is 0.0681 e. The molecule has 0 spiro atoms. The molecule has 41 heavy (non-hydrogen) atoms. The van der Waals surface area contributed by atoms with Crippen LogP contribution in [0.2, 0.25) is 0 Å². The third-order valence-electron chi connectivity index (χ3n) is 8.52. The van der Waals surface area contributed by atoms with Gasteiger partial charge in [0.15, 0.2) is 0 Å². The minimum atomic E-state index is -0.107. The highest BCUT2D eigenvalue weighted by Crippen LogP contribution is 2.57. The second-order valence-electron chi connectivity index (χ2n) is 11.1. The average molecular weight is 549 g/mol. The van der Waals surface area contributed by atoms with Gasteiger partial charge in [-0.3, -0.25) is 0 Å². The van der Waals surface area contributed by atoms with Gasteiger partial charge in [-0.05, 0) is 90.1 Å². The molecule has 3 aromatic carbocycles. The van der Waals surface area contributed by atoms with Crippen LogP contribution in [0.3, 0.4) is 0 Å². The van der Waals surface area contributed by atoms with E-state index in [2.05, 4.69) is 64.4 Å². The van der Waals surface area contributed by atoms with Crippen molar-refractivity contribution in [2.75, 3.05) is 23.0 Å². The van der Waals surface area contributed by atoms with Gasteiger partial charge in [0.05, 0.1) is 32.5 Å². The number of allylic oxidation sites excluding steroid dienone is 2. The van der Waals surface area contributed by atoms with Gasteiger partial charge in [0.1, 0.15) is 0 Å². The molecule has 6 nitrogen and oxygen atoms in total. The van der Waals surface area contributed by atoms with E-state index in [1.165, 1.54) is 0 Å². The molecule has 0 aromatic heterocycles. The second kappa shape index (κ2) is 11.5. The van der Waals surface area contributed by atoms with Crippen LogP contribution in [0.25, 0.3) is 0 Å². The maximum absolute atomic E-state index is 9.89. The van der Waals surface area contributed by atoms with Gasteiger partial charge in [0.25, 0.3) is 0 Å². The Morgan fingerprint density at radius 2 is 1.24 bits per heavy atom. The lowest BCUT2D eigenvalue weighted by Crippen LogP contribution is -2.30. The van der Waals surface area contributed by atoms with Crippen molar-refractivity contribution in [2.45, 2.75) is 32.1 Å². The summed E-state index contributed by atoms with van der Waals surface area (Å²) in [5.74, 6) is 0.332. The van der Waals surface area contributed by atoms with Crippen molar-refractivity contribution in [1.82, 2.24) is 0 Å². The number of rotatable bonds is 10. The van der Waals surface area contributed by atoms with Crippen molar-refractivity contribution < 1.29 is 20.4 Å². The van der Waals surface area contributed by atoms with E-state index in [-0.39, 0.29) is 37.9 Å². The van der Waals surface area contributed by atoms with Gasteiger partial charge in [-0.2, -0.15) is 0 Å². The van der Waals surface area contributed by atoms with Gasteiger partial charge in [-0.1, -0.05) is 54.6 Å². The quantitative estimate of drug-likeness (QED) is 0.262. The van der Waals surface area contributed by atoms with E-state index in [9.17, 15) is 20.4 Å². The highest BCUT2D eigenvalue weighted by atomic mass is 16.3. The first-order chi connectivity index (χ1) is 20.1. The van der Waals surface area contributed by atoms with Gasteiger partial charge < -0.3 is 30.2 Å². The number of hydrogen-bond donors (Lipinski definition) is 4. The van der Waals surface area contributed by atoms with Crippen molar-refractivity contribution in [3.05, 3.63) is 132 Å². The summed E-state index contributed by atoms with van der Waals surface area (Å²) in [5.41, 5.74) is 7.67. The van der Waals surface area contributed by atoms with Gasteiger partial charge >= 0.3 is 0 Å². The van der Waals surface area contributed by atoms with Crippen LogP contribution in [0.5, 0.6) is 0 Å². The Balaban J connectivity index is 1.36. The first-order valence-corrected chi connectivity index (χ1v) is 14.2. The number of aliphatic hydroxyl groups excluding tert-OH is 4. The molecule has 3 unspecified atom stereocenters. The Hall–Kier alpha value is -3.94. The Bertz CT molecular complexity index is 1490. The molecule has 1 fully saturated rings. The van der Waals surface area contributed by atoms with E-state index in [1.807, 2.05) is 54.6 Å². The summed E-state index contributed by atoms with van der Waals surface area (Å²) in [6.45, 7) is 0.194. The Morgan fingerprint density at radius 1 is 0.683 bits per heavy atom. The van der Waals surface area contributed by atoms with Gasteiger partial charge in [-0.15, -0.1) is 0 Å². The number of hydrogen-bond acceptors (Lipinski definition) is 6. The standard InChI is InChI=1S/C35H36N2O4/c38-21-25-1-7-29(8-2-25)36(30-9-3-26(22-39)4-10-30)32-13-15-33(16-14-32)37(31-11-5-27(23-40)6-12-31)34-17-18-35(24-41)20-28(35)19-34/h1-9,11-19,28,30,38-41H,10,20-24H2. The van der Waals surface area contributed by atoms with E-state index in [4.69, 9.17) is 0 Å². The third kappa shape index (κ3) is 5.39. The van der Waals surface area contributed by atoms with Gasteiger partial charge in [0, 0.05) is 33.9 Å². The molecule has 0 heterocycles. The largest absolute Gasteiger partial charge is 0.395 e. The molecule has 6 heteroatoms. The van der Waals surface area contributed by atoms with E-state index < -0.39 is 0 Å². The number of nitrogens with zero attached hydrogens (tertiary/aromatic N) is 2. The van der Waals surface area contributed by atoms with Crippen molar-refractivity contribution >= 4 is 22.7 Å². The lowest BCUT2D eigenvalue weighted by Gasteiger charge is -2.34. The monoisotopic (exact) mass is 548 g/mol. The highest BCUT2D eigenvalue weighted by molar-refractivity contribution is 5.74. The zero-order valence-corrected chi connectivity index (χ0v) is 23.0. The van der Waals surface area contributed by atoms with Crippen LogP contribution in [-0.2, 0) is 13.2 Å². The fourth-order valence-corrected chi connectivity index (χ4v) is 5.88. The number of fused-ring (bicyclic) bond motifs is 1. The number of benzene rings is 3. The molecule has 3 aliphatic rings. The summed E-state index contributed by atoms with van der Waals surface area (Å²) in [4.78, 5) is 4.50. The molecule has 6 rings (SSSR count). The van der Waals surface area contributed by atoms with E-state index in [0.717, 1.165) is 58.0 Å². The lowest BCUT2D eigenvalue weighted by molar-refractivity contribution is 0.234. The molecule has 4 N–H and O–H groups in total. The zero-order chi connectivity index (χ0) is 28.4. The normalized spacial score (nSPS) is 22.5. The van der Waals surface area contributed by atoms with E-state index in [1.54, 1.807) is 0 Å². The zero-order valence-electron chi connectivity index (χ0n) is 23.0. The number of aliphatic hydroxyl groups is 4. The lowest BCUT2D eigenvalue weighted by atomic mass is 9.98. The van der Waals surface area contributed by atoms with Crippen LogP contribution < -0.4 is 9.80 Å². The SMILES string of the molecule is OCC1=CCC(N(c2ccc(CO)cc2)c2ccc(N(C3=CC4CC4(CO)C=C3)c3ccc(CO)cc3)cc2)C=C1. The van der Waals surface area contributed by atoms with Gasteiger partial charge in [-0.25, -0.2) is 0 Å². The topological polar surface area (TPSA) is 87.4 Å². The minimum absolute atomic E-state index is 0.000599. The van der Waals surface area contributed by atoms with Crippen molar-refractivity contribution in [3.8, 4) is 0 Å². The van der Waals surface area contributed by atoms with Crippen LogP contribution in [0, 0.1) is 11.3 Å². The first-order valence-electron chi connectivity index (χ1n) is 14.2. The summed E-state index contributed by atoms with van der Waals surface area (Å²) < 4.78 is 0. The van der Waals surface area contributed by atoms with Crippen LogP contribution >= 0.6 is 0 Å². The first kappa shape index (κ1) is 27.2. The summed E-state index contributed by atoms with van der Waals surface area (Å²) in [7, 11) is 0. The van der Waals surface area contributed by atoms with Crippen molar-refractivity contribution in [2.24, 2.45) is 11.3 Å². The Morgan fingerprint density at radius 3 is 1.73 bits per heavy atom. The van der Waals surface area contributed by atoms with Crippen LogP contribution in [0.1, 0.15) is 24.0 Å². The molecule has 1 saturated carbocycles. The summed E-state index contributed by atoms with van der Waals surface area (Å²) >= 11 is 0. The Kier molecular flexibility index (Phi) is 7.65. The molecule has 0 saturated heterocycles. The molecule has 0 amide bonds. The molecular weight excluding hydrogens is 512 g/mol. The predicted molar refractivity (Wildman–Crippen MR) is 163 cm³/mol. The van der Waals surface area contributed by atoms with Gasteiger partial charge in [0.2, 0.25) is 0 Å². The Labute approximate surface area is 241 Å². The fraction of sp³-hybridized carbons (Fsp3) is 0.257. The molecule has 3 aliphatic carbocycles.